The first-order valence-corrected chi connectivity index (χ1v) is 7.62. The predicted octanol–water partition coefficient (Wildman–Crippen LogP) is 3.77. The molecule has 104 valence electrons. The average molecular weight is 268 g/mol. The van der Waals surface area contributed by atoms with Gasteiger partial charge in [-0.25, -0.2) is 0 Å². The summed E-state index contributed by atoms with van der Waals surface area (Å²) < 4.78 is 5.93. The lowest BCUT2D eigenvalue weighted by Crippen LogP contribution is -2.47. The highest BCUT2D eigenvalue weighted by Gasteiger charge is 2.59. The quantitative estimate of drug-likeness (QED) is 0.725. The molecule has 0 unspecified atom stereocenters. The minimum absolute atomic E-state index is 0.0268. The summed E-state index contributed by atoms with van der Waals surface area (Å²) in [6, 6.07) is 8.58. The highest BCUT2D eigenvalue weighted by atomic mass is 16.6. The Morgan fingerprint density at radius 3 is 2.90 bits per heavy atom. The molecule has 2 aliphatic carbocycles. The molecule has 0 amide bonds. The van der Waals surface area contributed by atoms with Gasteiger partial charge in [0.05, 0.1) is 5.92 Å². The Labute approximate surface area is 119 Å². The lowest BCUT2D eigenvalue weighted by atomic mass is 9.59. The second-order valence-electron chi connectivity index (χ2n) is 6.79. The Morgan fingerprint density at radius 2 is 2.10 bits per heavy atom. The van der Waals surface area contributed by atoms with Crippen LogP contribution in [-0.2, 0) is 9.53 Å². The van der Waals surface area contributed by atoms with Gasteiger partial charge in [0.2, 0.25) is 0 Å². The van der Waals surface area contributed by atoms with E-state index in [9.17, 15) is 4.79 Å². The summed E-state index contributed by atoms with van der Waals surface area (Å²) in [5, 5.41) is 0. The molecule has 1 saturated heterocycles. The molecule has 4 atom stereocenters. The maximum atomic E-state index is 12.2. The molecular formula is C18H20O2. The largest absolute Gasteiger partial charge is 0.458 e. The third kappa shape index (κ3) is 1.42. The van der Waals surface area contributed by atoms with Gasteiger partial charge < -0.3 is 4.74 Å². The van der Waals surface area contributed by atoms with Crippen molar-refractivity contribution < 1.29 is 9.53 Å². The van der Waals surface area contributed by atoms with E-state index in [0.717, 1.165) is 12.8 Å². The number of hydrogen-bond acceptors (Lipinski definition) is 2. The van der Waals surface area contributed by atoms with Gasteiger partial charge in [0.1, 0.15) is 5.60 Å². The Balaban J connectivity index is 1.86. The van der Waals surface area contributed by atoms with Gasteiger partial charge in [0.25, 0.3) is 0 Å². The summed E-state index contributed by atoms with van der Waals surface area (Å²) in [5.74, 6) is 1.25. The van der Waals surface area contributed by atoms with E-state index in [1.54, 1.807) is 0 Å². The van der Waals surface area contributed by atoms with Gasteiger partial charge in [-0.2, -0.15) is 0 Å². The first kappa shape index (κ1) is 12.2. The lowest BCUT2D eigenvalue weighted by molar-refractivity contribution is -0.156. The van der Waals surface area contributed by atoms with Crippen LogP contribution >= 0.6 is 0 Å². The van der Waals surface area contributed by atoms with Gasteiger partial charge in [-0.1, -0.05) is 50.3 Å². The number of carbonyl (C=O) groups is 1. The predicted molar refractivity (Wildman–Crippen MR) is 78.1 cm³/mol. The Bertz CT molecular complexity index is 601. The van der Waals surface area contributed by atoms with Crippen LogP contribution in [0.5, 0.6) is 0 Å². The molecular weight excluding hydrogens is 248 g/mol. The average Bonchev–Trinajstić information content (AvgIpc) is 2.72. The summed E-state index contributed by atoms with van der Waals surface area (Å²) in [5.41, 5.74) is 2.42. The van der Waals surface area contributed by atoms with Crippen molar-refractivity contribution in [3.63, 3.8) is 0 Å². The second-order valence-corrected chi connectivity index (χ2v) is 6.79. The summed E-state index contributed by atoms with van der Waals surface area (Å²) in [4.78, 5) is 12.2. The number of carbonyl (C=O) groups excluding carboxylic acids is 1. The van der Waals surface area contributed by atoms with E-state index < -0.39 is 0 Å². The molecule has 0 radical (unpaired) electrons. The fourth-order valence-electron chi connectivity index (χ4n) is 4.52. The molecule has 2 nitrogen and oxygen atoms in total. The Kier molecular flexibility index (Phi) is 2.42. The van der Waals surface area contributed by atoms with E-state index >= 15 is 0 Å². The zero-order valence-corrected chi connectivity index (χ0v) is 12.0. The summed E-state index contributed by atoms with van der Waals surface area (Å²) in [6.07, 6.45) is 6.35. The lowest BCUT2D eigenvalue weighted by Gasteiger charge is -2.46. The molecule has 0 aromatic heterocycles. The van der Waals surface area contributed by atoms with Gasteiger partial charge in [-0.05, 0) is 29.4 Å². The zero-order valence-electron chi connectivity index (χ0n) is 12.0. The molecule has 1 aliphatic heterocycles. The number of benzene rings is 1. The van der Waals surface area contributed by atoms with E-state index in [1.165, 1.54) is 11.1 Å². The number of fused-ring (bicyclic) bond motifs is 6. The highest BCUT2D eigenvalue weighted by Crippen LogP contribution is 2.57. The van der Waals surface area contributed by atoms with Crippen molar-refractivity contribution in [1.29, 1.82) is 0 Å². The minimum Gasteiger partial charge on any atom is -0.458 e. The zero-order chi connectivity index (χ0) is 13.9. The molecule has 2 heteroatoms. The van der Waals surface area contributed by atoms with Crippen molar-refractivity contribution in [3.05, 3.63) is 41.5 Å². The molecule has 1 heterocycles. The van der Waals surface area contributed by atoms with E-state index in [2.05, 4.69) is 50.3 Å². The molecule has 20 heavy (non-hydrogen) atoms. The summed E-state index contributed by atoms with van der Waals surface area (Å²) in [7, 11) is 0. The van der Waals surface area contributed by atoms with E-state index in [-0.39, 0.29) is 17.5 Å². The van der Waals surface area contributed by atoms with Crippen LogP contribution in [0.15, 0.2) is 30.3 Å². The van der Waals surface area contributed by atoms with Crippen LogP contribution in [0.1, 0.15) is 43.7 Å². The third-order valence-corrected chi connectivity index (χ3v) is 5.58. The first-order valence-electron chi connectivity index (χ1n) is 7.62. The Morgan fingerprint density at radius 1 is 1.30 bits per heavy atom. The molecule has 0 N–H and O–H groups in total. The topological polar surface area (TPSA) is 26.3 Å². The van der Waals surface area contributed by atoms with Gasteiger partial charge in [0.15, 0.2) is 0 Å². The molecule has 3 aliphatic rings. The van der Waals surface area contributed by atoms with E-state index in [1.807, 2.05) is 0 Å². The molecule has 2 bridgehead atoms. The molecule has 2 fully saturated rings. The molecule has 1 saturated carbocycles. The molecule has 0 spiro atoms. The van der Waals surface area contributed by atoms with Crippen LogP contribution in [0.3, 0.4) is 0 Å². The van der Waals surface area contributed by atoms with Crippen molar-refractivity contribution in [2.24, 2.45) is 17.8 Å². The van der Waals surface area contributed by atoms with Crippen LogP contribution in [0, 0.1) is 17.8 Å². The number of esters is 1. The van der Waals surface area contributed by atoms with Gasteiger partial charge in [-0.15, -0.1) is 0 Å². The van der Waals surface area contributed by atoms with Crippen LogP contribution < -0.4 is 0 Å². The maximum absolute atomic E-state index is 12.2. The van der Waals surface area contributed by atoms with Crippen LogP contribution in [-0.4, -0.2) is 11.6 Å². The van der Waals surface area contributed by atoms with Gasteiger partial charge in [0, 0.05) is 12.3 Å². The van der Waals surface area contributed by atoms with Crippen molar-refractivity contribution in [1.82, 2.24) is 0 Å². The van der Waals surface area contributed by atoms with Crippen molar-refractivity contribution in [3.8, 4) is 0 Å². The fourth-order valence-corrected chi connectivity index (χ4v) is 4.52. The minimum atomic E-state index is -0.283. The van der Waals surface area contributed by atoms with Crippen LogP contribution in [0.25, 0.3) is 6.08 Å². The third-order valence-electron chi connectivity index (χ3n) is 5.58. The van der Waals surface area contributed by atoms with Crippen LogP contribution in [0.2, 0.25) is 0 Å². The summed E-state index contributed by atoms with van der Waals surface area (Å²) >= 11 is 0. The normalized spacial score (nSPS) is 37.5. The molecule has 4 rings (SSSR count). The van der Waals surface area contributed by atoms with E-state index in [4.69, 9.17) is 4.74 Å². The fraction of sp³-hybridized carbons (Fsp3) is 0.500. The van der Waals surface area contributed by atoms with Crippen molar-refractivity contribution >= 4 is 12.0 Å². The SMILES string of the molecule is CC(C)[C@@]12C[C@@H](C[C@H]3c4ccccc4C=C[C@H]31)C(=O)O2. The maximum Gasteiger partial charge on any atom is 0.309 e. The number of rotatable bonds is 1. The standard InChI is InChI=1S/C18H20O2/c1-11(2)18-10-13(17(19)20-18)9-15-14-6-4-3-5-12(14)7-8-16(15)18/h3-8,11,13,15-16H,9-10H2,1-2H3/t13-,15+,16-,18+/m1/s1. The van der Waals surface area contributed by atoms with Crippen LogP contribution in [0.4, 0.5) is 0 Å². The monoisotopic (exact) mass is 268 g/mol. The molecule has 1 aromatic rings. The first-order chi connectivity index (χ1) is 9.62. The number of hydrogen-bond donors (Lipinski definition) is 0. The Hall–Kier alpha value is -1.57. The van der Waals surface area contributed by atoms with E-state index in [0.29, 0.717) is 17.8 Å². The van der Waals surface area contributed by atoms with Gasteiger partial charge in [-0.3, -0.25) is 4.79 Å². The summed E-state index contributed by atoms with van der Waals surface area (Å²) in [6.45, 7) is 4.37. The van der Waals surface area contributed by atoms with Gasteiger partial charge >= 0.3 is 5.97 Å². The van der Waals surface area contributed by atoms with Crippen molar-refractivity contribution in [2.45, 2.75) is 38.2 Å². The number of ether oxygens (including phenoxy) is 1. The molecule has 1 aromatic carbocycles. The van der Waals surface area contributed by atoms with Crippen molar-refractivity contribution in [2.75, 3.05) is 0 Å². The highest BCUT2D eigenvalue weighted by molar-refractivity contribution is 5.77. The smallest absolute Gasteiger partial charge is 0.309 e. The second kappa shape index (κ2) is 3.97.